The second-order valence-electron chi connectivity index (χ2n) is 3.42. The fraction of sp³-hybridized carbons (Fsp3) is 0.500. The molecule has 6 nitrogen and oxygen atoms in total. The van der Waals surface area contributed by atoms with E-state index < -0.39 is 5.97 Å². The van der Waals surface area contributed by atoms with Gasteiger partial charge in [0.05, 0.1) is 25.9 Å². The van der Waals surface area contributed by atoms with Gasteiger partial charge in [-0.15, -0.1) is 0 Å². The van der Waals surface area contributed by atoms with Gasteiger partial charge in [-0.2, -0.15) is 0 Å². The van der Waals surface area contributed by atoms with E-state index in [9.17, 15) is 4.79 Å². The molecule has 0 saturated carbocycles. The first kappa shape index (κ1) is 11.0. The van der Waals surface area contributed by atoms with E-state index in [2.05, 4.69) is 5.32 Å². The van der Waals surface area contributed by atoms with Gasteiger partial charge >= 0.3 is 5.97 Å². The molecule has 1 aliphatic rings. The quantitative estimate of drug-likeness (QED) is 0.792. The predicted octanol–water partition coefficient (Wildman–Crippen LogP) is 0.805. The summed E-state index contributed by atoms with van der Waals surface area (Å²) in [6, 6.07) is 2.98. The smallest absolute Gasteiger partial charge is 0.371 e. The van der Waals surface area contributed by atoms with Crippen molar-refractivity contribution in [1.29, 1.82) is 0 Å². The fourth-order valence-corrected chi connectivity index (χ4v) is 1.42. The Balaban J connectivity index is 1.81. The Morgan fingerprint density at radius 1 is 1.50 bits per heavy atom. The molecular formula is C10H13NO5. The van der Waals surface area contributed by atoms with Gasteiger partial charge in [0, 0.05) is 12.6 Å². The predicted molar refractivity (Wildman–Crippen MR) is 54.7 cm³/mol. The van der Waals surface area contributed by atoms with E-state index in [1.165, 1.54) is 6.07 Å². The van der Waals surface area contributed by atoms with Gasteiger partial charge in [-0.25, -0.2) is 4.79 Å². The van der Waals surface area contributed by atoms with Crippen molar-refractivity contribution in [2.75, 3.05) is 31.7 Å². The number of nitrogens with one attached hydrogen (secondary N) is 1. The van der Waals surface area contributed by atoms with Gasteiger partial charge in [-0.05, 0) is 6.07 Å². The maximum Gasteiger partial charge on any atom is 0.371 e. The molecule has 1 atom stereocenters. The van der Waals surface area contributed by atoms with E-state index in [0.29, 0.717) is 32.2 Å². The van der Waals surface area contributed by atoms with Crippen molar-refractivity contribution in [1.82, 2.24) is 0 Å². The second-order valence-corrected chi connectivity index (χ2v) is 3.42. The van der Waals surface area contributed by atoms with Gasteiger partial charge < -0.3 is 24.3 Å². The highest BCUT2D eigenvalue weighted by Gasteiger charge is 2.15. The number of anilines is 1. The topological polar surface area (TPSA) is 80.9 Å². The molecule has 2 N–H and O–H groups in total. The molecule has 6 heteroatoms. The standard InChI is InChI=1S/C10H13NO5/c12-10(13)8-1-2-9(16-8)11-5-7-6-14-3-4-15-7/h1-2,7,11H,3-6H2,(H,12,13). The van der Waals surface area contributed by atoms with Crippen molar-refractivity contribution in [3.63, 3.8) is 0 Å². The third kappa shape index (κ3) is 2.74. The second kappa shape index (κ2) is 5.00. The summed E-state index contributed by atoms with van der Waals surface area (Å²) < 4.78 is 15.7. The lowest BCUT2D eigenvalue weighted by Crippen LogP contribution is -2.34. The van der Waals surface area contributed by atoms with Crippen molar-refractivity contribution < 1.29 is 23.8 Å². The third-order valence-electron chi connectivity index (χ3n) is 2.21. The van der Waals surface area contributed by atoms with Crippen LogP contribution in [0, 0.1) is 0 Å². The van der Waals surface area contributed by atoms with Crippen LogP contribution in [0.15, 0.2) is 16.5 Å². The lowest BCUT2D eigenvalue weighted by Gasteiger charge is -2.22. The van der Waals surface area contributed by atoms with Crippen molar-refractivity contribution in [3.8, 4) is 0 Å². The van der Waals surface area contributed by atoms with E-state index in [0.717, 1.165) is 0 Å². The molecule has 2 rings (SSSR count). The summed E-state index contributed by atoms with van der Waals surface area (Å²) in [5, 5.41) is 11.6. The Bertz CT molecular complexity index is 356. The number of ether oxygens (including phenoxy) is 2. The molecule has 0 aromatic carbocycles. The summed E-state index contributed by atoms with van der Waals surface area (Å²) in [7, 11) is 0. The van der Waals surface area contributed by atoms with Crippen LogP contribution in [0.1, 0.15) is 10.6 Å². The van der Waals surface area contributed by atoms with Gasteiger partial charge in [0.1, 0.15) is 0 Å². The van der Waals surface area contributed by atoms with Crippen molar-refractivity contribution in [2.24, 2.45) is 0 Å². The van der Waals surface area contributed by atoms with Crippen LogP contribution in [-0.4, -0.2) is 43.5 Å². The monoisotopic (exact) mass is 227 g/mol. The zero-order chi connectivity index (χ0) is 11.4. The Morgan fingerprint density at radius 2 is 2.38 bits per heavy atom. The van der Waals surface area contributed by atoms with Crippen LogP contribution in [0.4, 0.5) is 5.88 Å². The number of carboxylic acid groups (broad SMARTS) is 1. The Kier molecular flexibility index (Phi) is 3.43. The highest BCUT2D eigenvalue weighted by molar-refractivity contribution is 5.84. The molecule has 0 radical (unpaired) electrons. The SMILES string of the molecule is O=C(O)c1ccc(NCC2COCCO2)o1. The minimum Gasteiger partial charge on any atom is -0.475 e. The highest BCUT2D eigenvalue weighted by atomic mass is 16.6. The molecular weight excluding hydrogens is 214 g/mol. The molecule has 0 aliphatic carbocycles. The molecule has 1 aromatic heterocycles. The average Bonchev–Trinajstić information content (AvgIpc) is 2.76. The van der Waals surface area contributed by atoms with Gasteiger partial charge in [-0.3, -0.25) is 0 Å². The lowest BCUT2D eigenvalue weighted by atomic mass is 10.3. The summed E-state index contributed by atoms with van der Waals surface area (Å²) in [4.78, 5) is 10.6. The summed E-state index contributed by atoms with van der Waals surface area (Å²) >= 11 is 0. The van der Waals surface area contributed by atoms with E-state index >= 15 is 0 Å². The molecule has 0 spiro atoms. The van der Waals surface area contributed by atoms with Gasteiger partial charge in [0.2, 0.25) is 5.76 Å². The zero-order valence-electron chi connectivity index (χ0n) is 8.64. The Morgan fingerprint density at radius 3 is 3.00 bits per heavy atom. The molecule has 1 saturated heterocycles. The molecule has 1 aliphatic heterocycles. The first-order chi connectivity index (χ1) is 7.75. The van der Waals surface area contributed by atoms with Crippen LogP contribution < -0.4 is 5.32 Å². The molecule has 1 unspecified atom stereocenters. The van der Waals surface area contributed by atoms with Crippen LogP contribution in [0.2, 0.25) is 0 Å². The van der Waals surface area contributed by atoms with Gasteiger partial charge in [-0.1, -0.05) is 0 Å². The number of furan rings is 1. The van der Waals surface area contributed by atoms with E-state index in [4.69, 9.17) is 19.0 Å². The van der Waals surface area contributed by atoms with Crippen molar-refractivity contribution >= 4 is 11.9 Å². The number of hydrogen-bond acceptors (Lipinski definition) is 5. The molecule has 2 heterocycles. The van der Waals surface area contributed by atoms with Crippen LogP contribution in [-0.2, 0) is 9.47 Å². The molecule has 1 fully saturated rings. The Labute approximate surface area is 92.1 Å². The molecule has 0 amide bonds. The summed E-state index contributed by atoms with van der Waals surface area (Å²) in [5.41, 5.74) is 0. The molecule has 16 heavy (non-hydrogen) atoms. The summed E-state index contributed by atoms with van der Waals surface area (Å²) in [6.07, 6.45) is -0.0212. The molecule has 0 bridgehead atoms. The fourth-order valence-electron chi connectivity index (χ4n) is 1.42. The summed E-state index contributed by atoms with van der Waals surface area (Å²) in [6.45, 7) is 2.29. The Hall–Kier alpha value is -1.53. The molecule has 88 valence electrons. The van der Waals surface area contributed by atoms with E-state index in [-0.39, 0.29) is 11.9 Å². The normalized spacial score (nSPS) is 20.6. The third-order valence-corrected chi connectivity index (χ3v) is 2.21. The first-order valence-corrected chi connectivity index (χ1v) is 5.02. The average molecular weight is 227 g/mol. The van der Waals surface area contributed by atoms with Crippen molar-refractivity contribution in [2.45, 2.75) is 6.10 Å². The number of carbonyl (C=O) groups is 1. The zero-order valence-corrected chi connectivity index (χ0v) is 8.64. The maximum absolute atomic E-state index is 10.6. The van der Waals surface area contributed by atoms with E-state index in [1.807, 2.05) is 0 Å². The highest BCUT2D eigenvalue weighted by Crippen LogP contribution is 2.13. The van der Waals surface area contributed by atoms with Crippen LogP contribution >= 0.6 is 0 Å². The van der Waals surface area contributed by atoms with E-state index in [1.54, 1.807) is 6.07 Å². The first-order valence-electron chi connectivity index (χ1n) is 5.02. The number of aromatic carboxylic acids is 1. The summed E-state index contributed by atoms with van der Waals surface area (Å²) in [5.74, 6) is -0.736. The van der Waals surface area contributed by atoms with Crippen LogP contribution in [0.5, 0.6) is 0 Å². The number of hydrogen-bond donors (Lipinski definition) is 2. The number of rotatable bonds is 4. The van der Waals surface area contributed by atoms with Crippen molar-refractivity contribution in [3.05, 3.63) is 17.9 Å². The van der Waals surface area contributed by atoms with Gasteiger partial charge in [0.25, 0.3) is 0 Å². The van der Waals surface area contributed by atoms with Gasteiger partial charge in [0.15, 0.2) is 5.88 Å². The van der Waals surface area contributed by atoms with Crippen LogP contribution in [0.3, 0.4) is 0 Å². The number of carboxylic acids is 1. The maximum atomic E-state index is 10.6. The minimum absolute atomic E-state index is 0.0212. The lowest BCUT2D eigenvalue weighted by molar-refractivity contribution is -0.0819. The minimum atomic E-state index is -1.08. The largest absolute Gasteiger partial charge is 0.475 e. The van der Waals surface area contributed by atoms with Crippen LogP contribution in [0.25, 0.3) is 0 Å². The molecule has 1 aromatic rings.